The van der Waals surface area contributed by atoms with Crippen LogP contribution in [0.2, 0.25) is 0 Å². The molecule has 0 N–H and O–H groups in total. The minimum Gasteiger partial charge on any atom is -0.453 e. The number of fused-ring (bicyclic) bond motifs is 5. The van der Waals surface area contributed by atoms with Gasteiger partial charge in [-0.25, -0.2) is 0 Å². The summed E-state index contributed by atoms with van der Waals surface area (Å²) >= 11 is 0. The van der Waals surface area contributed by atoms with Gasteiger partial charge in [-0.1, -0.05) is 18.2 Å². The second-order valence-electron chi connectivity index (χ2n) is 4.21. The molecule has 96 valence electrons. The van der Waals surface area contributed by atoms with E-state index in [1.54, 1.807) is 30.3 Å². The molecule has 2 aliphatic heterocycles. The summed E-state index contributed by atoms with van der Waals surface area (Å²) in [4.78, 5) is 0.168. The van der Waals surface area contributed by atoms with Gasteiger partial charge in [0, 0.05) is 11.1 Å². The molecule has 0 aliphatic carbocycles. The maximum Gasteiger partial charge on any atom is 0.339 e. The molecular formula is C13H8O5S. The van der Waals surface area contributed by atoms with E-state index in [1.165, 1.54) is 6.07 Å². The summed E-state index contributed by atoms with van der Waals surface area (Å²) in [5.41, 5.74) is 1.30. The van der Waals surface area contributed by atoms with Crippen LogP contribution >= 0.6 is 0 Å². The van der Waals surface area contributed by atoms with E-state index < -0.39 is 10.1 Å². The predicted octanol–water partition coefficient (Wildman–Crippen LogP) is 2.16. The molecule has 0 fully saturated rings. The molecule has 0 saturated heterocycles. The average molecular weight is 276 g/mol. The topological polar surface area (TPSA) is 61.8 Å². The van der Waals surface area contributed by atoms with Crippen LogP contribution in [0.25, 0.3) is 11.1 Å². The van der Waals surface area contributed by atoms with E-state index in [4.69, 9.17) is 13.7 Å². The zero-order valence-electron chi connectivity index (χ0n) is 9.62. The fourth-order valence-electron chi connectivity index (χ4n) is 2.30. The highest BCUT2D eigenvalue weighted by Gasteiger charge is 2.34. The van der Waals surface area contributed by atoms with Crippen LogP contribution in [0.1, 0.15) is 0 Å². The summed E-state index contributed by atoms with van der Waals surface area (Å²) in [5.74, 6) is 1.04. The van der Waals surface area contributed by atoms with Crippen LogP contribution in [0.15, 0.2) is 41.3 Å². The molecule has 0 aromatic heterocycles. The van der Waals surface area contributed by atoms with E-state index in [2.05, 4.69) is 0 Å². The van der Waals surface area contributed by atoms with Gasteiger partial charge < -0.3 is 13.7 Å². The predicted molar refractivity (Wildman–Crippen MR) is 65.8 cm³/mol. The Bertz CT molecular complexity index is 795. The lowest BCUT2D eigenvalue weighted by molar-refractivity contribution is 0.172. The lowest BCUT2D eigenvalue weighted by Gasteiger charge is -2.20. The van der Waals surface area contributed by atoms with Crippen LogP contribution in [0.5, 0.6) is 17.2 Å². The van der Waals surface area contributed by atoms with Crippen molar-refractivity contribution < 1.29 is 22.1 Å². The third-order valence-corrected chi connectivity index (χ3v) is 4.41. The second kappa shape index (κ2) is 3.42. The summed E-state index contributed by atoms with van der Waals surface area (Å²) in [5, 5.41) is 0. The van der Waals surface area contributed by atoms with Crippen molar-refractivity contribution in [1.82, 2.24) is 0 Å². The van der Waals surface area contributed by atoms with Gasteiger partial charge in [0.2, 0.25) is 12.5 Å². The molecule has 0 amide bonds. The first kappa shape index (κ1) is 10.7. The molecule has 0 unspecified atom stereocenters. The molecule has 2 heterocycles. The van der Waals surface area contributed by atoms with Crippen molar-refractivity contribution in [2.45, 2.75) is 4.90 Å². The smallest absolute Gasteiger partial charge is 0.339 e. The minimum atomic E-state index is -3.81. The van der Waals surface area contributed by atoms with Gasteiger partial charge in [0.1, 0.15) is 4.90 Å². The fourth-order valence-corrected chi connectivity index (χ4v) is 3.47. The number of benzene rings is 2. The molecule has 19 heavy (non-hydrogen) atoms. The molecule has 6 heteroatoms. The SMILES string of the molecule is O=S1(=O)Oc2c(ccc3c2OCO3)-c2ccccc21. The van der Waals surface area contributed by atoms with Crippen LogP contribution in [0, 0.1) is 0 Å². The Hall–Kier alpha value is -2.21. The number of rotatable bonds is 0. The summed E-state index contributed by atoms with van der Waals surface area (Å²) in [6, 6.07) is 10.2. The zero-order chi connectivity index (χ0) is 13.0. The van der Waals surface area contributed by atoms with Crippen LogP contribution in [-0.2, 0) is 10.1 Å². The molecular weight excluding hydrogens is 268 g/mol. The third-order valence-electron chi connectivity index (χ3n) is 3.13. The molecule has 2 aliphatic rings. The molecule has 4 rings (SSSR count). The van der Waals surface area contributed by atoms with E-state index in [1.807, 2.05) is 0 Å². The lowest BCUT2D eigenvalue weighted by Crippen LogP contribution is -2.16. The quantitative estimate of drug-likeness (QED) is 0.690. The van der Waals surface area contributed by atoms with Gasteiger partial charge >= 0.3 is 10.1 Å². The highest BCUT2D eigenvalue weighted by molar-refractivity contribution is 7.87. The van der Waals surface area contributed by atoms with Gasteiger partial charge in [0.05, 0.1) is 0 Å². The van der Waals surface area contributed by atoms with Crippen molar-refractivity contribution in [3.63, 3.8) is 0 Å². The van der Waals surface area contributed by atoms with Gasteiger partial charge in [-0.05, 0) is 18.2 Å². The Morgan fingerprint density at radius 1 is 0.895 bits per heavy atom. The van der Waals surface area contributed by atoms with Crippen LogP contribution in [-0.4, -0.2) is 15.2 Å². The third kappa shape index (κ3) is 1.37. The highest BCUT2D eigenvalue weighted by atomic mass is 32.2. The molecule has 2 aromatic rings. The van der Waals surface area contributed by atoms with Gasteiger partial charge in [-0.2, -0.15) is 8.42 Å². The summed E-state index contributed by atoms with van der Waals surface area (Å²) in [6.45, 7) is 0.0663. The molecule has 0 bridgehead atoms. The number of hydrogen-bond acceptors (Lipinski definition) is 5. The monoisotopic (exact) mass is 276 g/mol. The van der Waals surface area contributed by atoms with Gasteiger partial charge in [-0.3, -0.25) is 0 Å². The first-order chi connectivity index (χ1) is 9.17. The average Bonchev–Trinajstić information content (AvgIpc) is 2.87. The normalized spacial score (nSPS) is 17.3. The van der Waals surface area contributed by atoms with Crippen molar-refractivity contribution >= 4 is 10.1 Å². The summed E-state index contributed by atoms with van der Waals surface area (Å²) in [6.07, 6.45) is 0. The molecule has 2 aromatic carbocycles. The van der Waals surface area contributed by atoms with Crippen LogP contribution < -0.4 is 13.7 Å². The van der Waals surface area contributed by atoms with Crippen LogP contribution in [0.4, 0.5) is 0 Å². The van der Waals surface area contributed by atoms with E-state index in [0.29, 0.717) is 22.6 Å². The van der Waals surface area contributed by atoms with Gasteiger partial charge in [-0.15, -0.1) is 0 Å². The maximum absolute atomic E-state index is 12.1. The van der Waals surface area contributed by atoms with E-state index in [9.17, 15) is 8.42 Å². The zero-order valence-corrected chi connectivity index (χ0v) is 10.4. The van der Waals surface area contributed by atoms with E-state index in [-0.39, 0.29) is 17.4 Å². The number of ether oxygens (including phenoxy) is 2. The Kier molecular flexibility index (Phi) is 1.92. The highest BCUT2D eigenvalue weighted by Crippen LogP contribution is 2.51. The van der Waals surface area contributed by atoms with Crippen molar-refractivity contribution in [3.05, 3.63) is 36.4 Å². The first-order valence-corrected chi connectivity index (χ1v) is 7.04. The Balaban J connectivity index is 2.10. The van der Waals surface area contributed by atoms with Gasteiger partial charge in [0.15, 0.2) is 11.5 Å². The maximum atomic E-state index is 12.1. The van der Waals surface area contributed by atoms with Crippen molar-refractivity contribution in [2.75, 3.05) is 6.79 Å². The van der Waals surface area contributed by atoms with E-state index >= 15 is 0 Å². The second-order valence-corrected chi connectivity index (χ2v) is 5.72. The van der Waals surface area contributed by atoms with E-state index in [0.717, 1.165) is 0 Å². The van der Waals surface area contributed by atoms with Crippen LogP contribution in [0.3, 0.4) is 0 Å². The molecule has 0 saturated carbocycles. The van der Waals surface area contributed by atoms with Crippen molar-refractivity contribution in [2.24, 2.45) is 0 Å². The van der Waals surface area contributed by atoms with Crippen molar-refractivity contribution in [3.8, 4) is 28.4 Å². The summed E-state index contributed by atoms with van der Waals surface area (Å²) < 4.78 is 39.9. The fraction of sp³-hybridized carbons (Fsp3) is 0.0769. The summed E-state index contributed by atoms with van der Waals surface area (Å²) in [7, 11) is -3.81. The Morgan fingerprint density at radius 3 is 2.63 bits per heavy atom. The standard InChI is InChI=1S/C13H8O5S/c14-19(15)11-4-2-1-3-8(11)9-5-6-10-13(12(9)18-19)17-7-16-10/h1-6H,7H2. The van der Waals surface area contributed by atoms with Crippen molar-refractivity contribution in [1.29, 1.82) is 0 Å². The molecule has 0 atom stereocenters. The molecule has 0 spiro atoms. The molecule has 0 radical (unpaired) electrons. The first-order valence-electron chi connectivity index (χ1n) is 5.63. The van der Waals surface area contributed by atoms with Gasteiger partial charge in [0.25, 0.3) is 0 Å². The largest absolute Gasteiger partial charge is 0.453 e. The number of hydrogen-bond donors (Lipinski definition) is 0. The molecule has 5 nitrogen and oxygen atoms in total. The minimum absolute atomic E-state index is 0.0663. The Morgan fingerprint density at radius 2 is 1.74 bits per heavy atom. The lowest BCUT2D eigenvalue weighted by atomic mass is 10.0. The Labute approximate surface area is 109 Å².